The molecular weight excluding hydrogens is 385 g/mol. The number of hydrogen-bond acceptors (Lipinski definition) is 6. The lowest BCUT2D eigenvalue weighted by Crippen LogP contribution is -2.41. The van der Waals surface area contributed by atoms with Gasteiger partial charge in [-0.3, -0.25) is 0 Å². The van der Waals surface area contributed by atoms with Gasteiger partial charge in [0.2, 0.25) is 0 Å². The van der Waals surface area contributed by atoms with E-state index in [2.05, 4.69) is 26.2 Å². The minimum Gasteiger partial charge on any atom is -0.384 e. The highest BCUT2D eigenvalue weighted by molar-refractivity contribution is 14.2. The third kappa shape index (κ3) is 2.45. The molecule has 1 N–H and O–H groups in total. The summed E-state index contributed by atoms with van der Waals surface area (Å²) in [6.45, 7) is 1.35. The molecule has 1 spiro atoms. The molecule has 1 saturated carbocycles. The van der Waals surface area contributed by atoms with Crippen LogP contribution in [0.2, 0.25) is 0 Å². The second-order valence-electron chi connectivity index (χ2n) is 4.71. The van der Waals surface area contributed by atoms with E-state index in [1.807, 2.05) is 0 Å². The van der Waals surface area contributed by atoms with Crippen molar-refractivity contribution in [3.05, 3.63) is 11.1 Å². The Kier molecular flexibility index (Phi) is 3.90. The highest BCUT2D eigenvalue weighted by Gasteiger charge is 2.46. The van der Waals surface area contributed by atoms with Crippen molar-refractivity contribution < 1.29 is 14.6 Å². The van der Waals surface area contributed by atoms with Gasteiger partial charge < -0.3 is 14.6 Å². The number of nitrogens with zero attached hydrogens (tertiary/aromatic N) is 1. The smallest absolute Gasteiger partial charge is 0.168 e. The number of ether oxygens (including phenoxy) is 2. The summed E-state index contributed by atoms with van der Waals surface area (Å²) in [7, 11) is 1.59. The van der Waals surface area contributed by atoms with Crippen LogP contribution in [0, 0.1) is 0 Å². The van der Waals surface area contributed by atoms with E-state index >= 15 is 0 Å². The Bertz CT molecular complexity index is 424. The average Bonchev–Trinajstić information content (AvgIpc) is 3.04. The van der Waals surface area contributed by atoms with Crippen LogP contribution in [-0.4, -0.2) is 29.1 Å². The van der Waals surface area contributed by atoms with E-state index in [1.165, 1.54) is 0 Å². The molecule has 18 heavy (non-hydrogen) atoms. The van der Waals surface area contributed by atoms with Crippen molar-refractivity contribution in [3.8, 4) is 0 Å². The normalized spacial score (nSPS) is 25.7. The van der Waals surface area contributed by atoms with Crippen LogP contribution in [0.1, 0.15) is 30.6 Å². The second kappa shape index (κ2) is 5.17. The first-order valence-corrected chi connectivity index (χ1v) is 10.1. The van der Waals surface area contributed by atoms with E-state index in [0.29, 0.717) is 26.1 Å². The quantitative estimate of drug-likeness (QED) is 0.775. The van der Waals surface area contributed by atoms with Gasteiger partial charge in [0, 0.05) is 40.2 Å². The lowest BCUT2D eigenvalue weighted by molar-refractivity contribution is -0.203. The predicted molar refractivity (Wildman–Crippen MR) is 79.0 cm³/mol. The molecule has 1 saturated heterocycles. The Morgan fingerprint density at radius 3 is 2.50 bits per heavy atom. The second-order valence-corrected chi connectivity index (χ2v) is 7.86. The molecule has 2 fully saturated rings. The Balaban J connectivity index is 1.73. The van der Waals surface area contributed by atoms with Gasteiger partial charge in [-0.15, -0.1) is 11.3 Å². The van der Waals surface area contributed by atoms with Crippen molar-refractivity contribution in [1.29, 1.82) is 0 Å². The fourth-order valence-electron chi connectivity index (χ4n) is 2.59. The molecule has 2 heterocycles. The molecule has 1 aromatic heterocycles. The molecule has 0 amide bonds. The van der Waals surface area contributed by atoms with Crippen LogP contribution in [0.15, 0.2) is 10.5 Å². The van der Waals surface area contributed by atoms with Crippen LogP contribution >= 0.6 is 41.5 Å². The highest BCUT2D eigenvalue weighted by atomic mass is 127. The maximum absolute atomic E-state index is 10.7. The molecule has 1 aliphatic carbocycles. The largest absolute Gasteiger partial charge is 0.384 e. The maximum atomic E-state index is 10.7. The Morgan fingerprint density at radius 1 is 1.28 bits per heavy atom. The van der Waals surface area contributed by atoms with Gasteiger partial charge >= 0.3 is 0 Å². The molecule has 3 rings (SSSR count). The van der Waals surface area contributed by atoms with Crippen molar-refractivity contribution in [2.45, 2.75) is 41.4 Å². The first kappa shape index (κ1) is 13.6. The topological polar surface area (TPSA) is 51.6 Å². The summed E-state index contributed by atoms with van der Waals surface area (Å²) in [4.78, 5) is 5.26. The highest BCUT2D eigenvalue weighted by Crippen LogP contribution is 2.47. The van der Waals surface area contributed by atoms with Crippen LogP contribution in [0.5, 0.6) is 0 Å². The standard InChI is InChI=1S/C11H14INO3S2/c12-18-9-13-7-8(17-9)10(14)1-3-11(4-2-10)15-5-6-16-11/h7,14H,1-6H2. The molecular formula is C11H14INO3S2. The summed E-state index contributed by atoms with van der Waals surface area (Å²) in [6, 6.07) is 0. The third-order valence-electron chi connectivity index (χ3n) is 3.66. The van der Waals surface area contributed by atoms with Gasteiger partial charge in [-0.2, -0.15) is 0 Å². The molecule has 100 valence electrons. The number of aromatic nitrogens is 1. The van der Waals surface area contributed by atoms with Crippen LogP contribution in [0.3, 0.4) is 0 Å². The van der Waals surface area contributed by atoms with Crippen molar-refractivity contribution in [2.75, 3.05) is 13.2 Å². The average molecular weight is 399 g/mol. The Labute approximate surface area is 126 Å². The summed E-state index contributed by atoms with van der Waals surface area (Å²) >= 11 is 3.79. The fourth-order valence-corrected chi connectivity index (χ4v) is 5.02. The number of rotatable bonds is 2. The number of aliphatic hydroxyl groups is 1. The van der Waals surface area contributed by atoms with E-state index in [4.69, 9.17) is 9.47 Å². The summed E-state index contributed by atoms with van der Waals surface area (Å²) in [5.74, 6) is -0.419. The van der Waals surface area contributed by atoms with Gasteiger partial charge in [0.15, 0.2) is 10.1 Å². The van der Waals surface area contributed by atoms with E-state index in [-0.39, 0.29) is 0 Å². The zero-order valence-electron chi connectivity index (χ0n) is 9.73. The van der Waals surface area contributed by atoms with E-state index in [0.717, 1.165) is 22.1 Å². The first-order chi connectivity index (χ1) is 8.66. The van der Waals surface area contributed by atoms with Gasteiger partial charge in [-0.25, -0.2) is 4.98 Å². The van der Waals surface area contributed by atoms with Crippen LogP contribution in [-0.2, 0) is 15.1 Å². The molecule has 2 aliphatic rings. The zero-order chi connectivity index (χ0) is 12.6. The van der Waals surface area contributed by atoms with Gasteiger partial charge in [-0.1, -0.05) is 0 Å². The molecule has 0 aromatic carbocycles. The summed E-state index contributed by atoms with van der Waals surface area (Å²) in [5, 5.41) is 10.7. The lowest BCUT2D eigenvalue weighted by atomic mass is 9.80. The summed E-state index contributed by atoms with van der Waals surface area (Å²) < 4.78 is 12.4. The SMILES string of the molecule is OC1(c2cnc(SI)s2)CCC2(CC1)OCCO2. The zero-order valence-corrected chi connectivity index (χ0v) is 13.5. The van der Waals surface area contributed by atoms with Crippen molar-refractivity contribution >= 4 is 41.5 Å². The monoisotopic (exact) mass is 399 g/mol. The number of halogens is 1. The van der Waals surface area contributed by atoms with Gasteiger partial charge in [-0.05, 0) is 21.8 Å². The van der Waals surface area contributed by atoms with Crippen molar-refractivity contribution in [2.24, 2.45) is 0 Å². The predicted octanol–water partition coefficient (Wildman–Crippen LogP) is 3.09. The molecule has 0 atom stereocenters. The van der Waals surface area contributed by atoms with E-state index < -0.39 is 11.4 Å². The first-order valence-electron chi connectivity index (χ1n) is 5.91. The number of thiazole rings is 1. The van der Waals surface area contributed by atoms with Crippen molar-refractivity contribution in [1.82, 2.24) is 4.98 Å². The fraction of sp³-hybridized carbons (Fsp3) is 0.727. The minimum atomic E-state index is -0.747. The van der Waals surface area contributed by atoms with Gasteiger partial charge in [0.05, 0.1) is 18.1 Å². The minimum absolute atomic E-state index is 0.419. The molecule has 1 aromatic rings. The van der Waals surface area contributed by atoms with Gasteiger partial charge in [0.25, 0.3) is 0 Å². The molecule has 7 heteroatoms. The molecule has 4 nitrogen and oxygen atoms in total. The Morgan fingerprint density at radius 2 is 1.94 bits per heavy atom. The van der Waals surface area contributed by atoms with Crippen LogP contribution in [0.4, 0.5) is 0 Å². The van der Waals surface area contributed by atoms with E-state index in [1.54, 1.807) is 26.5 Å². The summed E-state index contributed by atoms with van der Waals surface area (Å²) in [6.07, 6.45) is 4.68. The molecule has 0 bridgehead atoms. The molecule has 0 unspecified atom stereocenters. The lowest BCUT2D eigenvalue weighted by Gasteiger charge is -2.39. The Hall–Kier alpha value is 0.590. The van der Waals surface area contributed by atoms with E-state index in [9.17, 15) is 5.11 Å². The molecule has 0 radical (unpaired) electrons. The maximum Gasteiger partial charge on any atom is 0.168 e. The molecule has 1 aliphatic heterocycles. The summed E-state index contributed by atoms with van der Waals surface area (Å²) in [5.41, 5.74) is -0.747. The van der Waals surface area contributed by atoms with Crippen LogP contribution in [0.25, 0.3) is 0 Å². The van der Waals surface area contributed by atoms with Crippen molar-refractivity contribution in [3.63, 3.8) is 0 Å². The third-order valence-corrected chi connectivity index (χ3v) is 7.53. The number of hydrogen-bond donors (Lipinski definition) is 1. The van der Waals surface area contributed by atoms with Crippen LogP contribution < -0.4 is 0 Å². The van der Waals surface area contributed by atoms with Gasteiger partial charge in [0.1, 0.15) is 5.60 Å².